The van der Waals surface area contributed by atoms with Gasteiger partial charge in [-0.25, -0.2) is 0 Å². The third-order valence-electron chi connectivity index (χ3n) is 3.74. The number of ketones is 1. The molecule has 1 aromatic carbocycles. The number of unbranched alkanes of at least 4 members (excludes halogenated alkanes) is 3. The summed E-state index contributed by atoms with van der Waals surface area (Å²) in [6.07, 6.45) is 7.47. The van der Waals surface area contributed by atoms with E-state index in [1.54, 1.807) is 0 Å². The standard InChI is InChI=1S/C16H22O/c1-2-3-4-5-9-15(17)12-14-11-13-8-6-7-10-16(13)14/h6-8,10,14H,2-5,9,11-12H2,1H3. The average Bonchev–Trinajstić information content (AvgIpc) is 2.32. The second kappa shape index (κ2) is 6.00. The SMILES string of the molecule is CCCCCCC(=O)CC1Cc2ccccc21. The molecule has 1 atom stereocenters. The number of Topliss-reactive ketones (excluding diaryl/α,β-unsaturated/α-hetero) is 1. The summed E-state index contributed by atoms with van der Waals surface area (Å²) in [4.78, 5) is 11.8. The lowest BCUT2D eigenvalue weighted by atomic mass is 9.75. The molecule has 92 valence electrons. The average molecular weight is 230 g/mol. The molecule has 0 aromatic heterocycles. The first kappa shape index (κ1) is 12.3. The van der Waals surface area contributed by atoms with Gasteiger partial charge >= 0.3 is 0 Å². The van der Waals surface area contributed by atoms with Gasteiger partial charge in [0, 0.05) is 12.8 Å². The van der Waals surface area contributed by atoms with Crippen LogP contribution in [0.15, 0.2) is 24.3 Å². The van der Waals surface area contributed by atoms with E-state index in [1.165, 1.54) is 30.4 Å². The van der Waals surface area contributed by atoms with E-state index in [9.17, 15) is 4.79 Å². The van der Waals surface area contributed by atoms with Crippen molar-refractivity contribution in [1.82, 2.24) is 0 Å². The Morgan fingerprint density at radius 2 is 2.06 bits per heavy atom. The van der Waals surface area contributed by atoms with Crippen LogP contribution < -0.4 is 0 Å². The third-order valence-corrected chi connectivity index (χ3v) is 3.74. The summed E-state index contributed by atoms with van der Waals surface area (Å²) in [5.41, 5.74) is 2.85. The van der Waals surface area contributed by atoms with Gasteiger partial charge in [0.25, 0.3) is 0 Å². The van der Waals surface area contributed by atoms with Crippen molar-refractivity contribution in [3.63, 3.8) is 0 Å². The van der Waals surface area contributed by atoms with Gasteiger partial charge in [-0.2, -0.15) is 0 Å². The summed E-state index contributed by atoms with van der Waals surface area (Å²) in [7, 11) is 0. The molecule has 1 aromatic rings. The Kier molecular flexibility index (Phi) is 4.36. The minimum Gasteiger partial charge on any atom is -0.300 e. The fourth-order valence-electron chi connectivity index (χ4n) is 2.67. The maximum Gasteiger partial charge on any atom is 0.133 e. The minimum atomic E-state index is 0.459. The van der Waals surface area contributed by atoms with E-state index in [1.807, 2.05) is 0 Å². The Hall–Kier alpha value is -1.11. The molecule has 1 aliphatic carbocycles. The first-order chi connectivity index (χ1) is 8.31. The van der Waals surface area contributed by atoms with Gasteiger partial charge in [0.05, 0.1) is 0 Å². The topological polar surface area (TPSA) is 17.1 Å². The molecule has 1 heteroatoms. The zero-order valence-corrected chi connectivity index (χ0v) is 10.7. The summed E-state index contributed by atoms with van der Waals surface area (Å²) in [6.45, 7) is 2.20. The van der Waals surface area contributed by atoms with E-state index in [4.69, 9.17) is 0 Å². The van der Waals surface area contributed by atoms with Crippen LogP contribution in [0.2, 0.25) is 0 Å². The first-order valence-electron chi connectivity index (χ1n) is 6.90. The minimum absolute atomic E-state index is 0.459. The molecule has 17 heavy (non-hydrogen) atoms. The van der Waals surface area contributed by atoms with Gasteiger partial charge in [-0.05, 0) is 29.9 Å². The van der Waals surface area contributed by atoms with Crippen LogP contribution in [0, 0.1) is 0 Å². The lowest BCUT2D eigenvalue weighted by Gasteiger charge is -2.29. The molecule has 0 heterocycles. The second-order valence-corrected chi connectivity index (χ2v) is 5.15. The molecule has 1 unspecified atom stereocenters. The fourth-order valence-corrected chi connectivity index (χ4v) is 2.67. The molecule has 2 rings (SSSR count). The first-order valence-corrected chi connectivity index (χ1v) is 6.90. The van der Waals surface area contributed by atoms with Crippen LogP contribution in [0.1, 0.15) is 62.5 Å². The Morgan fingerprint density at radius 3 is 2.82 bits per heavy atom. The number of benzene rings is 1. The highest BCUT2D eigenvalue weighted by Gasteiger charge is 2.26. The van der Waals surface area contributed by atoms with E-state index < -0.39 is 0 Å². The van der Waals surface area contributed by atoms with Crippen LogP contribution in [0.5, 0.6) is 0 Å². The summed E-state index contributed by atoms with van der Waals surface area (Å²) in [6, 6.07) is 8.52. The fraction of sp³-hybridized carbons (Fsp3) is 0.562. The summed E-state index contributed by atoms with van der Waals surface area (Å²) in [5.74, 6) is 0.977. The van der Waals surface area contributed by atoms with Crippen LogP contribution >= 0.6 is 0 Å². The van der Waals surface area contributed by atoms with Crippen molar-refractivity contribution in [2.45, 2.75) is 57.8 Å². The Labute approximate surface area is 104 Å². The number of fused-ring (bicyclic) bond motifs is 1. The van der Waals surface area contributed by atoms with E-state index in [2.05, 4.69) is 31.2 Å². The van der Waals surface area contributed by atoms with Crippen LogP contribution in [0.3, 0.4) is 0 Å². The monoisotopic (exact) mass is 230 g/mol. The van der Waals surface area contributed by atoms with Gasteiger partial charge in [0.2, 0.25) is 0 Å². The molecule has 1 aliphatic rings. The number of carbonyl (C=O) groups is 1. The summed E-state index contributed by atoms with van der Waals surface area (Å²) in [5, 5.41) is 0. The van der Waals surface area contributed by atoms with E-state index in [0.717, 1.165) is 25.7 Å². The van der Waals surface area contributed by atoms with Crippen molar-refractivity contribution in [2.24, 2.45) is 0 Å². The Morgan fingerprint density at radius 1 is 1.24 bits per heavy atom. The van der Waals surface area contributed by atoms with Crippen LogP contribution in [0.25, 0.3) is 0 Å². The highest BCUT2D eigenvalue weighted by atomic mass is 16.1. The molecule has 0 N–H and O–H groups in total. The van der Waals surface area contributed by atoms with Gasteiger partial charge in [0.1, 0.15) is 5.78 Å². The van der Waals surface area contributed by atoms with Gasteiger partial charge in [0.15, 0.2) is 0 Å². The Balaban J connectivity index is 1.71. The van der Waals surface area contributed by atoms with E-state index in [0.29, 0.717) is 11.7 Å². The largest absolute Gasteiger partial charge is 0.300 e. The maximum absolute atomic E-state index is 11.8. The molecule has 0 spiro atoms. The highest BCUT2D eigenvalue weighted by molar-refractivity contribution is 5.79. The molecular formula is C16H22O. The summed E-state index contributed by atoms with van der Waals surface area (Å²) >= 11 is 0. The normalized spacial score (nSPS) is 17.4. The van der Waals surface area contributed by atoms with Crippen molar-refractivity contribution >= 4 is 5.78 Å². The third kappa shape index (κ3) is 3.18. The van der Waals surface area contributed by atoms with Crippen molar-refractivity contribution < 1.29 is 4.79 Å². The van der Waals surface area contributed by atoms with Crippen LogP contribution in [0.4, 0.5) is 0 Å². The van der Waals surface area contributed by atoms with Gasteiger partial charge in [-0.15, -0.1) is 0 Å². The molecule has 1 nitrogen and oxygen atoms in total. The van der Waals surface area contributed by atoms with Crippen LogP contribution in [-0.4, -0.2) is 5.78 Å². The zero-order valence-electron chi connectivity index (χ0n) is 10.7. The molecule has 0 fully saturated rings. The molecule has 0 aliphatic heterocycles. The number of hydrogen-bond donors (Lipinski definition) is 0. The second-order valence-electron chi connectivity index (χ2n) is 5.15. The number of rotatable bonds is 7. The molecule has 0 saturated carbocycles. The molecule has 0 amide bonds. The molecule has 0 saturated heterocycles. The van der Waals surface area contributed by atoms with E-state index >= 15 is 0 Å². The molecular weight excluding hydrogens is 208 g/mol. The summed E-state index contributed by atoms with van der Waals surface area (Å²) < 4.78 is 0. The van der Waals surface area contributed by atoms with Crippen LogP contribution in [-0.2, 0) is 11.2 Å². The molecule has 0 bridgehead atoms. The van der Waals surface area contributed by atoms with Gasteiger partial charge in [-0.1, -0.05) is 50.5 Å². The predicted molar refractivity (Wildman–Crippen MR) is 71.3 cm³/mol. The predicted octanol–water partition coefficient (Wildman–Crippen LogP) is 4.26. The quantitative estimate of drug-likeness (QED) is 0.640. The van der Waals surface area contributed by atoms with Gasteiger partial charge < -0.3 is 0 Å². The smallest absolute Gasteiger partial charge is 0.133 e. The Bertz CT molecular complexity index is 381. The van der Waals surface area contributed by atoms with Crippen molar-refractivity contribution in [3.8, 4) is 0 Å². The van der Waals surface area contributed by atoms with Crippen molar-refractivity contribution in [3.05, 3.63) is 35.4 Å². The number of hydrogen-bond acceptors (Lipinski definition) is 1. The molecule has 0 radical (unpaired) electrons. The maximum atomic E-state index is 11.8. The van der Waals surface area contributed by atoms with E-state index in [-0.39, 0.29) is 0 Å². The van der Waals surface area contributed by atoms with Gasteiger partial charge in [-0.3, -0.25) is 4.79 Å². The van der Waals surface area contributed by atoms with Crippen molar-refractivity contribution in [2.75, 3.05) is 0 Å². The number of carbonyl (C=O) groups excluding carboxylic acids is 1. The lowest BCUT2D eigenvalue weighted by Crippen LogP contribution is -2.19. The highest BCUT2D eigenvalue weighted by Crippen LogP contribution is 2.37. The lowest BCUT2D eigenvalue weighted by molar-refractivity contribution is -0.119. The zero-order chi connectivity index (χ0) is 12.1. The van der Waals surface area contributed by atoms with Crippen molar-refractivity contribution in [1.29, 1.82) is 0 Å².